The molecule has 15 heavy (non-hydrogen) atoms. The summed E-state index contributed by atoms with van der Waals surface area (Å²) in [6.45, 7) is 0.428. The van der Waals surface area contributed by atoms with Gasteiger partial charge in [0.05, 0.1) is 0 Å². The second kappa shape index (κ2) is 4.89. The number of nitrogens with two attached hydrogens (primary N) is 1. The molecule has 7 heteroatoms. The molecular formula is C8H11N5O2. The summed E-state index contributed by atoms with van der Waals surface area (Å²) >= 11 is 0. The maximum Gasteiger partial charge on any atom is 0.268 e. The van der Waals surface area contributed by atoms with Crippen molar-refractivity contribution in [1.82, 2.24) is 9.88 Å². The van der Waals surface area contributed by atoms with E-state index < -0.39 is 5.03 Å². The van der Waals surface area contributed by atoms with Crippen LogP contribution < -0.4 is 5.73 Å². The topological polar surface area (TPSA) is 97.7 Å². The van der Waals surface area contributed by atoms with E-state index in [0.717, 1.165) is 5.56 Å². The van der Waals surface area contributed by atoms with Crippen LogP contribution in [-0.2, 0) is 6.54 Å². The number of rotatable bonds is 3. The molecule has 0 aliphatic heterocycles. The first-order valence-corrected chi connectivity index (χ1v) is 4.18. The van der Waals surface area contributed by atoms with Gasteiger partial charge in [-0.05, 0) is 11.6 Å². The van der Waals surface area contributed by atoms with Crippen molar-refractivity contribution in [2.75, 3.05) is 7.05 Å². The predicted molar refractivity (Wildman–Crippen MR) is 54.3 cm³/mol. The average molecular weight is 209 g/mol. The summed E-state index contributed by atoms with van der Waals surface area (Å²) in [4.78, 5) is 15.5. The Balaban J connectivity index is 2.64. The van der Waals surface area contributed by atoms with Gasteiger partial charge in [0.1, 0.15) is 5.10 Å². The summed E-state index contributed by atoms with van der Waals surface area (Å²) in [6.07, 6.45) is 3.31. The minimum absolute atomic E-state index is 0.135. The molecule has 2 N–H and O–H groups in total. The fourth-order valence-corrected chi connectivity index (χ4v) is 1.01. The van der Waals surface area contributed by atoms with Crippen LogP contribution in [0.2, 0.25) is 0 Å². The Hall–Kier alpha value is -2.18. The van der Waals surface area contributed by atoms with Crippen molar-refractivity contribution in [3.8, 4) is 0 Å². The van der Waals surface area contributed by atoms with E-state index in [0.29, 0.717) is 6.54 Å². The van der Waals surface area contributed by atoms with Gasteiger partial charge in [-0.2, -0.15) is 0 Å². The second-order valence-electron chi connectivity index (χ2n) is 2.91. The Morgan fingerprint density at radius 3 is 3.07 bits per heavy atom. The van der Waals surface area contributed by atoms with Crippen LogP contribution in [0.15, 0.2) is 29.6 Å². The number of guanidine groups is 1. The largest absolute Gasteiger partial charge is 0.365 e. The van der Waals surface area contributed by atoms with Crippen LogP contribution in [0.3, 0.4) is 0 Å². The minimum atomic E-state index is -0.824. The summed E-state index contributed by atoms with van der Waals surface area (Å²) in [5.74, 6) is -0.135. The Morgan fingerprint density at radius 1 is 1.80 bits per heavy atom. The fraction of sp³-hybridized carbons (Fsp3) is 0.250. The van der Waals surface area contributed by atoms with Gasteiger partial charge in [0, 0.05) is 26.0 Å². The third-order valence-electron chi connectivity index (χ3n) is 1.72. The molecule has 0 unspecified atom stereocenters. The fourth-order valence-electron chi connectivity index (χ4n) is 1.01. The van der Waals surface area contributed by atoms with E-state index in [2.05, 4.69) is 10.1 Å². The van der Waals surface area contributed by atoms with Crippen LogP contribution in [0.25, 0.3) is 0 Å². The highest BCUT2D eigenvalue weighted by Gasteiger charge is 2.06. The van der Waals surface area contributed by atoms with Gasteiger partial charge in [-0.15, -0.1) is 0 Å². The zero-order valence-electron chi connectivity index (χ0n) is 8.20. The minimum Gasteiger partial charge on any atom is -0.365 e. The van der Waals surface area contributed by atoms with Crippen molar-refractivity contribution in [3.05, 3.63) is 40.2 Å². The lowest BCUT2D eigenvalue weighted by molar-refractivity contribution is -0.485. The van der Waals surface area contributed by atoms with Crippen LogP contribution in [0.5, 0.6) is 0 Å². The van der Waals surface area contributed by atoms with Crippen LogP contribution in [0.1, 0.15) is 5.56 Å². The maximum absolute atomic E-state index is 10.1. The molecule has 0 aromatic carbocycles. The molecule has 0 radical (unpaired) electrons. The molecule has 0 aliphatic rings. The van der Waals surface area contributed by atoms with E-state index >= 15 is 0 Å². The smallest absolute Gasteiger partial charge is 0.268 e. The molecule has 0 saturated carbocycles. The van der Waals surface area contributed by atoms with Crippen molar-refractivity contribution in [1.29, 1.82) is 0 Å². The predicted octanol–water partition coefficient (Wildman–Crippen LogP) is 0.0198. The molecule has 0 bridgehead atoms. The third-order valence-corrected chi connectivity index (χ3v) is 1.72. The number of hydrogen-bond donors (Lipinski definition) is 1. The van der Waals surface area contributed by atoms with E-state index in [4.69, 9.17) is 5.73 Å². The highest BCUT2D eigenvalue weighted by molar-refractivity contribution is 5.76. The molecule has 0 fully saturated rings. The van der Waals surface area contributed by atoms with Crippen molar-refractivity contribution in [3.63, 3.8) is 0 Å². The maximum atomic E-state index is 10.1. The number of hydrazone groups is 1. The van der Waals surface area contributed by atoms with Gasteiger partial charge in [-0.25, -0.2) is 10.1 Å². The molecule has 80 valence electrons. The quantitative estimate of drug-likeness (QED) is 0.327. The zero-order chi connectivity index (χ0) is 11.3. The highest BCUT2D eigenvalue weighted by atomic mass is 16.7. The lowest BCUT2D eigenvalue weighted by Gasteiger charge is -2.14. The molecule has 1 heterocycles. The molecule has 1 aromatic heterocycles. The standard InChI is InChI=1S/C8H11N5O2/c1-12(8(9)11-13(14)15)6-7-3-2-4-10-5-7/h2-5H,6H2,1H3,(H2,9,11). The molecular weight excluding hydrogens is 198 g/mol. The van der Waals surface area contributed by atoms with Crippen LogP contribution in [0, 0.1) is 10.1 Å². The zero-order valence-corrected chi connectivity index (χ0v) is 8.20. The lowest BCUT2D eigenvalue weighted by atomic mass is 10.3. The summed E-state index contributed by atoms with van der Waals surface area (Å²) in [7, 11) is 1.62. The van der Waals surface area contributed by atoms with Crippen LogP contribution in [-0.4, -0.2) is 27.9 Å². The number of nitrogens with zero attached hydrogens (tertiary/aromatic N) is 4. The van der Waals surface area contributed by atoms with E-state index in [9.17, 15) is 10.1 Å². The van der Waals surface area contributed by atoms with Crippen molar-refractivity contribution in [2.45, 2.75) is 6.54 Å². The van der Waals surface area contributed by atoms with Gasteiger partial charge >= 0.3 is 0 Å². The molecule has 0 saturated heterocycles. The molecule has 7 nitrogen and oxygen atoms in total. The summed E-state index contributed by atoms with van der Waals surface area (Å²) in [5, 5.41) is 12.2. The Kier molecular flexibility index (Phi) is 3.55. The van der Waals surface area contributed by atoms with Crippen LogP contribution >= 0.6 is 0 Å². The molecule has 0 amide bonds. The lowest BCUT2D eigenvalue weighted by Crippen LogP contribution is -2.34. The Morgan fingerprint density at radius 2 is 2.53 bits per heavy atom. The first-order chi connectivity index (χ1) is 7.09. The monoisotopic (exact) mass is 209 g/mol. The summed E-state index contributed by atoms with van der Waals surface area (Å²) < 4.78 is 0. The SMILES string of the molecule is CN(Cc1cccnc1)C(N)=N[N+](=O)[O-]. The first-order valence-electron chi connectivity index (χ1n) is 4.18. The first kappa shape index (κ1) is 10.9. The molecule has 1 rings (SSSR count). The second-order valence-corrected chi connectivity index (χ2v) is 2.91. The Bertz CT molecular complexity index is 365. The highest BCUT2D eigenvalue weighted by Crippen LogP contribution is 1.99. The van der Waals surface area contributed by atoms with E-state index in [1.54, 1.807) is 25.5 Å². The average Bonchev–Trinajstić information content (AvgIpc) is 2.18. The third kappa shape index (κ3) is 3.59. The number of nitro groups is 1. The number of hydrogen-bond acceptors (Lipinski definition) is 3. The van der Waals surface area contributed by atoms with Crippen molar-refractivity contribution >= 4 is 5.96 Å². The Labute approximate surface area is 86.4 Å². The molecule has 0 aliphatic carbocycles. The van der Waals surface area contributed by atoms with Gasteiger partial charge < -0.3 is 10.6 Å². The molecule has 0 atom stereocenters. The van der Waals surface area contributed by atoms with Crippen molar-refractivity contribution in [2.24, 2.45) is 10.8 Å². The van der Waals surface area contributed by atoms with Gasteiger partial charge in [-0.1, -0.05) is 6.07 Å². The van der Waals surface area contributed by atoms with E-state index in [-0.39, 0.29) is 5.96 Å². The van der Waals surface area contributed by atoms with Gasteiger partial charge in [-0.3, -0.25) is 4.98 Å². The van der Waals surface area contributed by atoms with Gasteiger partial charge in [0.15, 0.2) is 5.03 Å². The normalized spacial score (nSPS) is 11.1. The summed E-state index contributed by atoms with van der Waals surface area (Å²) in [5.41, 5.74) is 6.28. The number of pyridine rings is 1. The van der Waals surface area contributed by atoms with Crippen molar-refractivity contribution < 1.29 is 5.03 Å². The van der Waals surface area contributed by atoms with Gasteiger partial charge in [0.25, 0.3) is 5.96 Å². The van der Waals surface area contributed by atoms with Gasteiger partial charge in [0.2, 0.25) is 0 Å². The molecule has 0 spiro atoms. The van der Waals surface area contributed by atoms with Crippen LogP contribution in [0.4, 0.5) is 0 Å². The molecule has 1 aromatic rings. The summed E-state index contributed by atoms with van der Waals surface area (Å²) in [6, 6.07) is 3.63. The van der Waals surface area contributed by atoms with E-state index in [1.165, 1.54) is 4.90 Å². The number of aromatic nitrogens is 1. The van der Waals surface area contributed by atoms with E-state index in [1.807, 2.05) is 6.07 Å².